The highest BCUT2D eigenvalue weighted by Crippen LogP contribution is 2.38. The number of thiophene rings is 1. The molecule has 42 heavy (non-hydrogen) atoms. The Morgan fingerprint density at radius 2 is 1.93 bits per heavy atom. The SMILES string of the molecule is COc1cc(F)cnc1N1CCN(C(=O)c2cc(Cl)c3sc(C4=CCCN(C(=O)CCn5ccnn5)C4)cc3c2)CC1. The summed E-state index contributed by atoms with van der Waals surface area (Å²) in [5.41, 5.74) is 1.62. The number of fused-ring (bicyclic) bond motifs is 1. The first-order valence-corrected chi connectivity index (χ1v) is 14.9. The van der Waals surface area contributed by atoms with Crippen LogP contribution in [-0.4, -0.2) is 88.0 Å². The number of aromatic nitrogens is 4. The van der Waals surface area contributed by atoms with Gasteiger partial charge in [-0.05, 0) is 35.6 Å². The first-order chi connectivity index (χ1) is 20.4. The zero-order chi connectivity index (χ0) is 29.2. The van der Waals surface area contributed by atoms with Crippen LogP contribution in [-0.2, 0) is 11.3 Å². The van der Waals surface area contributed by atoms with E-state index in [4.69, 9.17) is 16.3 Å². The number of nitrogens with zero attached hydrogens (tertiary/aromatic N) is 7. The molecular weight excluding hydrogens is 581 g/mol. The molecule has 0 spiro atoms. The molecule has 2 aliphatic heterocycles. The number of piperazine rings is 1. The van der Waals surface area contributed by atoms with Gasteiger partial charge in [0.15, 0.2) is 11.6 Å². The van der Waals surface area contributed by atoms with Gasteiger partial charge < -0.3 is 19.4 Å². The van der Waals surface area contributed by atoms with E-state index in [-0.39, 0.29) is 11.8 Å². The van der Waals surface area contributed by atoms with Crippen LogP contribution in [0.15, 0.2) is 48.9 Å². The number of benzene rings is 1. The topological polar surface area (TPSA) is 96.7 Å². The Kier molecular flexibility index (Phi) is 8.07. The van der Waals surface area contributed by atoms with Gasteiger partial charge in [-0.3, -0.25) is 14.3 Å². The predicted molar refractivity (Wildman–Crippen MR) is 160 cm³/mol. The fraction of sp³-hybridized carbons (Fsp3) is 0.345. The summed E-state index contributed by atoms with van der Waals surface area (Å²) in [6, 6.07) is 7.00. The van der Waals surface area contributed by atoms with Crippen molar-refractivity contribution in [2.75, 3.05) is 51.3 Å². The van der Waals surface area contributed by atoms with Crippen molar-refractivity contribution in [2.24, 2.45) is 0 Å². The molecule has 0 bridgehead atoms. The summed E-state index contributed by atoms with van der Waals surface area (Å²) in [6.07, 6.45) is 7.84. The van der Waals surface area contributed by atoms with Gasteiger partial charge in [-0.1, -0.05) is 22.9 Å². The highest BCUT2D eigenvalue weighted by Gasteiger charge is 2.26. The number of aryl methyl sites for hydroxylation is 1. The molecule has 2 aliphatic rings. The molecular formula is C29H29ClFN7O3S. The van der Waals surface area contributed by atoms with Crippen LogP contribution in [0.5, 0.6) is 5.75 Å². The lowest BCUT2D eigenvalue weighted by molar-refractivity contribution is -0.131. The number of rotatable bonds is 7. The van der Waals surface area contributed by atoms with Crippen LogP contribution in [0.25, 0.3) is 15.7 Å². The summed E-state index contributed by atoms with van der Waals surface area (Å²) < 4.78 is 21.5. The molecule has 0 aliphatic carbocycles. The lowest BCUT2D eigenvalue weighted by Crippen LogP contribution is -2.49. The summed E-state index contributed by atoms with van der Waals surface area (Å²) in [5, 5.41) is 9.15. The molecule has 218 valence electrons. The third kappa shape index (κ3) is 5.82. The van der Waals surface area contributed by atoms with Crippen LogP contribution in [0.3, 0.4) is 0 Å². The van der Waals surface area contributed by atoms with Crippen LogP contribution in [0.1, 0.15) is 28.1 Å². The van der Waals surface area contributed by atoms with E-state index in [0.29, 0.717) is 74.4 Å². The highest BCUT2D eigenvalue weighted by atomic mass is 35.5. The van der Waals surface area contributed by atoms with E-state index in [1.54, 1.807) is 39.4 Å². The molecule has 1 fully saturated rings. The third-order valence-corrected chi connectivity index (χ3v) is 9.22. The van der Waals surface area contributed by atoms with Gasteiger partial charge in [0.05, 0.1) is 35.8 Å². The second kappa shape index (κ2) is 12.1. The molecule has 1 saturated heterocycles. The van der Waals surface area contributed by atoms with Gasteiger partial charge in [0.2, 0.25) is 5.91 Å². The van der Waals surface area contributed by atoms with Crippen LogP contribution in [0, 0.1) is 5.82 Å². The largest absolute Gasteiger partial charge is 0.493 e. The molecule has 0 unspecified atom stereocenters. The maximum absolute atomic E-state index is 13.6. The Morgan fingerprint density at radius 3 is 2.69 bits per heavy atom. The van der Waals surface area contributed by atoms with Gasteiger partial charge in [0.25, 0.3) is 5.91 Å². The zero-order valence-electron chi connectivity index (χ0n) is 23.0. The summed E-state index contributed by atoms with van der Waals surface area (Å²) in [5.74, 6) is 0.461. The Labute approximate surface area is 250 Å². The van der Waals surface area contributed by atoms with E-state index in [9.17, 15) is 14.0 Å². The molecule has 2 amide bonds. The van der Waals surface area contributed by atoms with Crippen molar-refractivity contribution in [3.05, 3.63) is 70.2 Å². The van der Waals surface area contributed by atoms with Crippen molar-refractivity contribution in [1.29, 1.82) is 0 Å². The Morgan fingerprint density at radius 1 is 1.10 bits per heavy atom. The first-order valence-electron chi connectivity index (χ1n) is 13.7. The molecule has 0 atom stereocenters. The second-order valence-electron chi connectivity index (χ2n) is 10.2. The number of hydrogen-bond acceptors (Lipinski definition) is 8. The number of hydrogen-bond donors (Lipinski definition) is 0. The minimum atomic E-state index is -0.460. The van der Waals surface area contributed by atoms with E-state index >= 15 is 0 Å². The van der Waals surface area contributed by atoms with E-state index in [1.165, 1.54) is 19.4 Å². The summed E-state index contributed by atoms with van der Waals surface area (Å²) in [6.45, 7) is 3.77. The Balaban J connectivity index is 1.12. The number of anilines is 1. The van der Waals surface area contributed by atoms with Crippen molar-refractivity contribution in [3.8, 4) is 5.75 Å². The van der Waals surface area contributed by atoms with Gasteiger partial charge in [-0.2, -0.15) is 0 Å². The minimum Gasteiger partial charge on any atom is -0.493 e. The molecule has 6 rings (SSSR count). The van der Waals surface area contributed by atoms with Crippen molar-refractivity contribution < 1.29 is 18.7 Å². The van der Waals surface area contributed by atoms with Gasteiger partial charge >= 0.3 is 0 Å². The quantitative estimate of drug-likeness (QED) is 0.307. The normalized spacial score (nSPS) is 15.7. The maximum atomic E-state index is 13.6. The lowest BCUT2D eigenvalue weighted by Gasteiger charge is -2.36. The van der Waals surface area contributed by atoms with Crippen molar-refractivity contribution in [2.45, 2.75) is 19.4 Å². The molecule has 4 aromatic rings. The molecule has 13 heteroatoms. The second-order valence-corrected chi connectivity index (χ2v) is 11.7. The molecule has 3 aromatic heterocycles. The number of carbonyl (C=O) groups excluding carboxylic acids is 2. The van der Waals surface area contributed by atoms with Crippen molar-refractivity contribution in [1.82, 2.24) is 29.8 Å². The van der Waals surface area contributed by atoms with Gasteiger partial charge in [-0.25, -0.2) is 9.37 Å². The maximum Gasteiger partial charge on any atom is 0.254 e. The minimum absolute atomic E-state index is 0.0804. The van der Waals surface area contributed by atoms with Gasteiger partial charge in [0, 0.05) is 68.4 Å². The Hall–Kier alpha value is -4.03. The monoisotopic (exact) mass is 609 g/mol. The van der Waals surface area contributed by atoms with Crippen LogP contribution >= 0.6 is 22.9 Å². The fourth-order valence-corrected chi connectivity index (χ4v) is 6.77. The number of pyridine rings is 1. The van der Waals surface area contributed by atoms with Crippen molar-refractivity contribution >= 4 is 56.2 Å². The lowest BCUT2D eigenvalue weighted by atomic mass is 10.1. The number of carbonyl (C=O) groups is 2. The van der Waals surface area contributed by atoms with Crippen LogP contribution < -0.4 is 9.64 Å². The van der Waals surface area contributed by atoms with Gasteiger partial charge in [0.1, 0.15) is 5.82 Å². The highest BCUT2D eigenvalue weighted by molar-refractivity contribution is 7.20. The summed E-state index contributed by atoms with van der Waals surface area (Å²) in [4.78, 5) is 37.2. The number of amides is 2. The van der Waals surface area contributed by atoms with E-state index in [1.807, 2.05) is 15.9 Å². The molecule has 5 heterocycles. The summed E-state index contributed by atoms with van der Waals surface area (Å²) >= 11 is 8.27. The molecule has 0 saturated carbocycles. The molecule has 1 aromatic carbocycles. The summed E-state index contributed by atoms with van der Waals surface area (Å²) in [7, 11) is 1.48. The Bertz CT molecular complexity index is 1650. The van der Waals surface area contributed by atoms with Gasteiger partial charge in [-0.15, -0.1) is 16.4 Å². The molecule has 10 nitrogen and oxygen atoms in total. The van der Waals surface area contributed by atoms with E-state index in [2.05, 4.69) is 27.4 Å². The molecule has 0 N–H and O–H groups in total. The van der Waals surface area contributed by atoms with E-state index < -0.39 is 5.82 Å². The number of halogens is 2. The van der Waals surface area contributed by atoms with Crippen molar-refractivity contribution in [3.63, 3.8) is 0 Å². The average molecular weight is 610 g/mol. The zero-order valence-corrected chi connectivity index (χ0v) is 24.6. The third-order valence-electron chi connectivity index (χ3n) is 7.55. The smallest absolute Gasteiger partial charge is 0.254 e. The average Bonchev–Trinajstić information content (AvgIpc) is 3.70. The predicted octanol–water partition coefficient (Wildman–Crippen LogP) is 4.36. The fourth-order valence-electron chi connectivity index (χ4n) is 5.35. The first kappa shape index (κ1) is 28.1. The van der Waals surface area contributed by atoms with Crippen LogP contribution in [0.2, 0.25) is 5.02 Å². The number of methoxy groups -OCH3 is 1. The standard InChI is InChI=1S/C29H29ClFN7O3S/c1-41-24-16-22(31)17-32-28(24)35-9-11-36(12-10-35)29(40)21-13-20-15-25(42-27(20)23(30)14-21)19-3-2-6-37(18-19)26(39)4-7-38-8-5-33-34-38/h3,5,8,13-17H,2,4,6-7,9-12,18H2,1H3. The number of ether oxygens (including phenoxy) is 1. The molecule has 0 radical (unpaired) electrons. The van der Waals surface area contributed by atoms with Crippen LogP contribution in [0.4, 0.5) is 10.2 Å². The van der Waals surface area contributed by atoms with E-state index in [0.717, 1.165) is 27.0 Å².